The minimum Gasteiger partial charge on any atom is -0.371 e. The van der Waals surface area contributed by atoms with Crippen molar-refractivity contribution in [3.63, 3.8) is 0 Å². The molecule has 0 aromatic heterocycles. The predicted molar refractivity (Wildman–Crippen MR) is 136 cm³/mol. The molecule has 0 unspecified atom stereocenters. The average molecular weight is 502 g/mol. The zero-order valence-electron chi connectivity index (χ0n) is 19.6. The van der Waals surface area contributed by atoms with Crippen molar-refractivity contribution in [2.75, 3.05) is 55.6 Å². The van der Waals surface area contributed by atoms with Gasteiger partial charge in [-0.2, -0.15) is 18.4 Å². The van der Waals surface area contributed by atoms with E-state index >= 15 is 0 Å². The molecule has 2 aliphatic heterocycles. The first kappa shape index (κ1) is 27.3. The molecule has 2 fully saturated rings. The molecule has 0 bridgehead atoms. The van der Waals surface area contributed by atoms with Gasteiger partial charge >= 0.3 is 6.18 Å². The zero-order chi connectivity index (χ0) is 24.8. The molecule has 2 saturated heterocycles. The van der Waals surface area contributed by atoms with E-state index in [0.717, 1.165) is 38.8 Å². The van der Waals surface area contributed by atoms with Crippen LogP contribution in [0, 0.1) is 11.3 Å². The van der Waals surface area contributed by atoms with E-state index in [2.05, 4.69) is 27.2 Å². The molecule has 2 aliphatic rings. The fourth-order valence-electron chi connectivity index (χ4n) is 4.77. The van der Waals surface area contributed by atoms with E-state index in [-0.39, 0.29) is 24.9 Å². The lowest BCUT2D eigenvalue weighted by Gasteiger charge is -2.36. The Balaban J connectivity index is 0.00000361. The van der Waals surface area contributed by atoms with Gasteiger partial charge in [0.25, 0.3) is 0 Å². The summed E-state index contributed by atoms with van der Waals surface area (Å²) in [6.07, 6.45) is -2.79. The molecule has 0 aliphatic carbocycles. The number of nitriles is 1. The first-order chi connectivity index (χ1) is 16.8. The first-order valence-electron chi connectivity index (χ1n) is 12.0. The van der Waals surface area contributed by atoms with E-state index in [1.807, 2.05) is 23.1 Å². The van der Waals surface area contributed by atoms with Gasteiger partial charge in [-0.25, -0.2) is 0 Å². The van der Waals surface area contributed by atoms with Crippen LogP contribution in [0.1, 0.15) is 37.8 Å². The normalized spacial score (nSPS) is 17.3. The molecule has 0 atom stereocenters. The number of hydrogen-bond acceptors (Lipinski definition) is 5. The van der Waals surface area contributed by atoms with Crippen LogP contribution in [0.5, 0.6) is 0 Å². The number of halogens is 3. The Morgan fingerprint density at radius 1 is 0.944 bits per heavy atom. The molecule has 1 amide bonds. The summed E-state index contributed by atoms with van der Waals surface area (Å²) in [6, 6.07) is 15.8. The number of para-hydroxylation sites is 1. The average Bonchev–Trinajstić information content (AvgIpc) is 2.88. The summed E-state index contributed by atoms with van der Waals surface area (Å²) < 4.78 is 39.8. The number of rotatable bonds is 6. The Bertz CT molecular complexity index is 1040. The van der Waals surface area contributed by atoms with Gasteiger partial charge in [0.15, 0.2) is 0 Å². The summed E-state index contributed by atoms with van der Waals surface area (Å²) in [5.41, 5.74) is 0.407. The highest BCUT2D eigenvalue weighted by atomic mass is 19.4. The number of amides is 1. The van der Waals surface area contributed by atoms with Crippen molar-refractivity contribution >= 4 is 17.3 Å². The second-order valence-corrected chi connectivity index (χ2v) is 9.08. The topological polar surface area (TPSA) is 62.6 Å². The van der Waals surface area contributed by atoms with Crippen LogP contribution in [0.25, 0.3) is 0 Å². The Morgan fingerprint density at radius 2 is 1.58 bits per heavy atom. The van der Waals surface area contributed by atoms with Gasteiger partial charge in [-0.1, -0.05) is 25.6 Å². The molecule has 6 nitrogen and oxygen atoms in total. The fraction of sp³-hybridized carbons (Fsp3) is 0.481. The van der Waals surface area contributed by atoms with Gasteiger partial charge in [-0.3, -0.25) is 9.69 Å². The monoisotopic (exact) mass is 501 g/mol. The highest BCUT2D eigenvalue weighted by Gasteiger charge is 2.34. The van der Waals surface area contributed by atoms with Crippen LogP contribution >= 0.6 is 0 Å². The third-order valence-corrected chi connectivity index (χ3v) is 6.80. The molecular formula is C27H34F3N5O. The molecule has 0 radical (unpaired) electrons. The quantitative estimate of drug-likeness (QED) is 0.631. The third-order valence-electron chi connectivity index (χ3n) is 6.80. The van der Waals surface area contributed by atoms with Gasteiger partial charge < -0.3 is 15.1 Å². The van der Waals surface area contributed by atoms with E-state index in [1.165, 1.54) is 11.8 Å². The first-order valence-corrected chi connectivity index (χ1v) is 12.0. The zero-order valence-corrected chi connectivity index (χ0v) is 19.6. The number of carbonyl (C=O) groups excluding carboxylic acids is 1. The van der Waals surface area contributed by atoms with Crippen molar-refractivity contribution in [2.24, 2.45) is 0 Å². The molecular weight excluding hydrogens is 467 g/mol. The number of carbonyl (C=O) groups is 1. The van der Waals surface area contributed by atoms with Gasteiger partial charge in [0.2, 0.25) is 5.91 Å². The molecule has 0 spiro atoms. The van der Waals surface area contributed by atoms with Crippen LogP contribution in [0.15, 0.2) is 48.5 Å². The number of hydrogen-bond donors (Lipinski definition) is 1. The van der Waals surface area contributed by atoms with Crippen LogP contribution in [0.4, 0.5) is 24.5 Å². The Morgan fingerprint density at radius 3 is 2.19 bits per heavy atom. The fourth-order valence-corrected chi connectivity index (χ4v) is 4.77. The molecule has 194 valence electrons. The third kappa shape index (κ3) is 6.91. The molecule has 2 aromatic carbocycles. The van der Waals surface area contributed by atoms with E-state index in [1.54, 1.807) is 12.1 Å². The summed E-state index contributed by atoms with van der Waals surface area (Å²) in [5, 5.41) is 12.1. The smallest absolute Gasteiger partial charge is 0.371 e. The van der Waals surface area contributed by atoms with E-state index in [4.69, 9.17) is 5.26 Å². The number of nitrogens with one attached hydrogen (secondary N) is 1. The van der Waals surface area contributed by atoms with Crippen molar-refractivity contribution in [3.05, 3.63) is 59.7 Å². The van der Waals surface area contributed by atoms with Crippen LogP contribution in [0.2, 0.25) is 0 Å². The number of anilines is 2. The van der Waals surface area contributed by atoms with Gasteiger partial charge in [-0.15, -0.1) is 0 Å². The lowest BCUT2D eigenvalue weighted by atomic mass is 10.0. The lowest BCUT2D eigenvalue weighted by molar-refractivity contribution is -0.137. The molecule has 36 heavy (non-hydrogen) atoms. The maximum atomic E-state index is 13.3. The molecule has 1 N–H and O–H groups in total. The summed E-state index contributed by atoms with van der Waals surface area (Å²) >= 11 is 0. The van der Waals surface area contributed by atoms with E-state index in [0.29, 0.717) is 38.0 Å². The van der Waals surface area contributed by atoms with Gasteiger partial charge in [0.1, 0.15) is 0 Å². The standard InChI is InChI=1S/C26H30F3N5O.CH4/c27-26(28,29)24-18-23(7-6-20(24)19-30)33-12-8-21(9-13-33)31-25(35)10-11-32-14-16-34(17-15-32)22-4-2-1-3-5-22;/h1-7,18,21H,8-17H2,(H,31,35);1H4. The largest absolute Gasteiger partial charge is 0.417 e. The predicted octanol–water partition coefficient (Wildman–Crippen LogP) is 4.51. The second-order valence-electron chi connectivity index (χ2n) is 9.08. The van der Waals surface area contributed by atoms with Crippen LogP contribution < -0.4 is 15.1 Å². The van der Waals surface area contributed by atoms with Crippen LogP contribution in [-0.4, -0.2) is 62.7 Å². The van der Waals surface area contributed by atoms with E-state index < -0.39 is 11.7 Å². The SMILES string of the molecule is C.N#Cc1ccc(N2CCC(NC(=O)CCN3CCN(c4ccccc4)CC3)CC2)cc1C(F)(F)F. The highest BCUT2D eigenvalue weighted by Crippen LogP contribution is 2.35. The number of piperidine rings is 1. The number of nitrogens with zero attached hydrogens (tertiary/aromatic N) is 4. The van der Waals surface area contributed by atoms with Crippen molar-refractivity contribution < 1.29 is 18.0 Å². The van der Waals surface area contributed by atoms with Crippen molar-refractivity contribution in [1.82, 2.24) is 10.2 Å². The summed E-state index contributed by atoms with van der Waals surface area (Å²) in [7, 11) is 0. The van der Waals surface area contributed by atoms with Crippen LogP contribution in [0.3, 0.4) is 0 Å². The summed E-state index contributed by atoms with van der Waals surface area (Å²) in [6.45, 7) is 5.55. The highest BCUT2D eigenvalue weighted by molar-refractivity contribution is 5.76. The second kappa shape index (κ2) is 12.1. The lowest BCUT2D eigenvalue weighted by Crippen LogP contribution is -2.48. The van der Waals surface area contributed by atoms with Gasteiger partial charge in [0, 0.05) is 69.7 Å². The van der Waals surface area contributed by atoms with Crippen molar-refractivity contribution in [3.8, 4) is 6.07 Å². The maximum absolute atomic E-state index is 13.3. The van der Waals surface area contributed by atoms with E-state index in [9.17, 15) is 18.0 Å². The van der Waals surface area contributed by atoms with Gasteiger partial charge in [-0.05, 0) is 43.2 Å². The summed E-state index contributed by atoms with van der Waals surface area (Å²) in [4.78, 5) is 19.0. The number of alkyl halides is 3. The summed E-state index contributed by atoms with van der Waals surface area (Å²) in [5.74, 6) is 0.0201. The number of piperazine rings is 1. The Kier molecular flexibility index (Phi) is 9.21. The molecule has 0 saturated carbocycles. The number of benzene rings is 2. The van der Waals surface area contributed by atoms with Crippen molar-refractivity contribution in [2.45, 2.75) is 38.9 Å². The molecule has 2 aromatic rings. The molecule has 2 heterocycles. The Labute approximate surface area is 211 Å². The molecule has 9 heteroatoms. The Hall–Kier alpha value is -3.25. The minimum absolute atomic E-state index is 0. The molecule has 4 rings (SSSR count). The van der Waals surface area contributed by atoms with Gasteiger partial charge in [0.05, 0.1) is 17.2 Å². The maximum Gasteiger partial charge on any atom is 0.417 e. The van der Waals surface area contributed by atoms with Crippen molar-refractivity contribution in [1.29, 1.82) is 5.26 Å². The van der Waals surface area contributed by atoms with Crippen LogP contribution in [-0.2, 0) is 11.0 Å². The minimum atomic E-state index is -4.57.